The molecule has 3 nitrogen and oxygen atoms in total. The van der Waals surface area contributed by atoms with Crippen molar-refractivity contribution >= 4 is 26.9 Å². The molecule has 0 N–H and O–H groups in total. The molecule has 24 valence electrons. The molecule has 0 aliphatic rings. The molecule has 5 heteroatoms. The fourth-order valence-corrected chi connectivity index (χ4v) is 0. The quantitative estimate of drug-likeness (QED) is 0.214. The zero-order valence-electron chi connectivity index (χ0n) is 2.26. The maximum atomic E-state index is 8.70. The van der Waals surface area contributed by atoms with E-state index in [1.807, 2.05) is 5.34 Å². The topological polar surface area (TPSA) is 38.7 Å². The molecule has 0 spiro atoms. The van der Waals surface area contributed by atoms with Gasteiger partial charge in [0.25, 0.3) is 0 Å². The van der Waals surface area contributed by atoms with Crippen LogP contribution in [-0.4, -0.2) is 26.9 Å². The Morgan fingerprint density at radius 2 is 2.00 bits per heavy atom. The van der Waals surface area contributed by atoms with E-state index in [-0.39, 0.29) is 18.9 Å². The summed E-state index contributed by atoms with van der Waals surface area (Å²) in [6, 6.07) is 0. The molecule has 5 heavy (non-hydrogen) atoms. The predicted molar refractivity (Wildman–Crippen MR) is 22.6 cm³/mol. The van der Waals surface area contributed by atoms with Crippen molar-refractivity contribution in [3.8, 4) is 0 Å². The minimum absolute atomic E-state index is 0. The van der Waals surface area contributed by atoms with Gasteiger partial charge < -0.3 is 4.76 Å². The first kappa shape index (κ1) is 8.91. The Bertz CT molecular complexity index is 23.6. The number of rotatable bonds is 1. The minimum atomic E-state index is 0. The van der Waals surface area contributed by atoms with Crippen LogP contribution in [0.5, 0.6) is 0 Å². The Kier molecular flexibility index (Phi) is 16.0. The SMILES string of the molecule is BON=O.[LiH]. The molecule has 0 aromatic carbocycles. The van der Waals surface area contributed by atoms with Crippen LogP contribution in [0.4, 0.5) is 0 Å². The molecule has 0 saturated heterocycles. The molecular weight excluding hydrogens is 63.8 g/mol. The summed E-state index contributed by atoms with van der Waals surface area (Å²) in [5.74, 6) is 0. The van der Waals surface area contributed by atoms with E-state index in [1.165, 1.54) is 8.05 Å². The van der Waals surface area contributed by atoms with Gasteiger partial charge in [0.2, 0.25) is 0 Å². The summed E-state index contributed by atoms with van der Waals surface area (Å²) in [6.45, 7) is 0. The molecule has 0 aromatic heterocycles. The molecule has 0 radical (unpaired) electrons. The molecule has 0 aliphatic carbocycles. The van der Waals surface area contributed by atoms with Crippen LogP contribution >= 0.6 is 0 Å². The van der Waals surface area contributed by atoms with E-state index in [0.29, 0.717) is 0 Å². The summed E-state index contributed by atoms with van der Waals surface area (Å²) in [5, 5.41) is 1.99. The van der Waals surface area contributed by atoms with Crippen LogP contribution in [0.1, 0.15) is 0 Å². The number of nitrogens with zero attached hydrogens (tertiary/aromatic N) is 1. The van der Waals surface area contributed by atoms with E-state index in [0.717, 1.165) is 0 Å². The number of hydrogen-bond acceptors (Lipinski definition) is 3. The molecule has 0 heterocycles. The van der Waals surface area contributed by atoms with E-state index in [1.54, 1.807) is 0 Å². The molecule has 0 bridgehead atoms. The first-order valence-corrected chi connectivity index (χ1v) is 0.773. The van der Waals surface area contributed by atoms with Crippen LogP contribution in [0.3, 0.4) is 0 Å². The molecule has 0 atom stereocenters. The van der Waals surface area contributed by atoms with Crippen molar-refractivity contribution in [3.05, 3.63) is 4.91 Å². The fourth-order valence-electron chi connectivity index (χ4n) is 0. The van der Waals surface area contributed by atoms with E-state index in [4.69, 9.17) is 4.91 Å². The summed E-state index contributed by atoms with van der Waals surface area (Å²) >= 11 is 0. The molecule has 0 fully saturated rings. The third-order valence-electron chi connectivity index (χ3n) is 0.0745. The Labute approximate surface area is 42.6 Å². The van der Waals surface area contributed by atoms with Crippen LogP contribution in [-0.2, 0) is 4.76 Å². The second-order valence-corrected chi connectivity index (χ2v) is 0.257. The molecule has 0 aromatic rings. The van der Waals surface area contributed by atoms with Crippen molar-refractivity contribution in [2.75, 3.05) is 0 Å². The summed E-state index contributed by atoms with van der Waals surface area (Å²) in [7, 11) is 1.20. The molecule has 0 amide bonds. The van der Waals surface area contributed by atoms with E-state index < -0.39 is 0 Å². The number of hydrogen-bond donors (Lipinski definition) is 0. The van der Waals surface area contributed by atoms with Crippen LogP contribution in [0.15, 0.2) is 5.34 Å². The normalized spacial score (nSPS) is 4.00. The average Bonchev–Trinajstić information content (AvgIpc) is 1.37. The third kappa shape index (κ3) is 15.3. The van der Waals surface area contributed by atoms with Crippen molar-refractivity contribution in [2.45, 2.75) is 0 Å². The van der Waals surface area contributed by atoms with E-state index in [9.17, 15) is 0 Å². The van der Waals surface area contributed by atoms with Crippen LogP contribution in [0.25, 0.3) is 0 Å². The van der Waals surface area contributed by atoms with Gasteiger partial charge in [-0.15, -0.1) is 4.91 Å². The first-order valence-electron chi connectivity index (χ1n) is 0.773. The summed E-state index contributed by atoms with van der Waals surface area (Å²) < 4.78 is 3.61. The van der Waals surface area contributed by atoms with Crippen molar-refractivity contribution in [1.82, 2.24) is 0 Å². The van der Waals surface area contributed by atoms with Gasteiger partial charge in [-0.2, -0.15) is 0 Å². The molecular formula is H3BLiNO2. The zero-order chi connectivity index (χ0) is 3.41. The van der Waals surface area contributed by atoms with Gasteiger partial charge in [0, 0.05) is 0 Å². The van der Waals surface area contributed by atoms with Gasteiger partial charge in [0.1, 0.15) is 5.34 Å². The monoisotopic (exact) mass is 67.0 g/mol. The summed E-state index contributed by atoms with van der Waals surface area (Å²) in [4.78, 5) is 8.70. The van der Waals surface area contributed by atoms with Gasteiger partial charge in [-0.3, -0.25) is 0 Å². The van der Waals surface area contributed by atoms with Crippen molar-refractivity contribution in [1.29, 1.82) is 0 Å². The fraction of sp³-hybridized carbons (Fsp3) is 0. The van der Waals surface area contributed by atoms with Gasteiger partial charge in [-0.25, -0.2) is 0 Å². The molecule has 0 rings (SSSR count). The van der Waals surface area contributed by atoms with E-state index in [2.05, 4.69) is 4.76 Å². The maximum absolute atomic E-state index is 8.70. The Hall–Kier alpha value is 0.0623. The zero-order valence-corrected chi connectivity index (χ0v) is 2.26. The van der Waals surface area contributed by atoms with Gasteiger partial charge >= 0.3 is 26.9 Å². The second kappa shape index (κ2) is 8.96. The van der Waals surface area contributed by atoms with Crippen LogP contribution in [0.2, 0.25) is 0 Å². The van der Waals surface area contributed by atoms with Crippen LogP contribution < -0.4 is 0 Å². The summed E-state index contributed by atoms with van der Waals surface area (Å²) in [6.07, 6.45) is 0. The first-order chi connectivity index (χ1) is 1.91. The van der Waals surface area contributed by atoms with Crippen LogP contribution in [0, 0.1) is 4.91 Å². The molecule has 0 unspecified atom stereocenters. The Morgan fingerprint density at radius 1 is 1.80 bits per heavy atom. The summed E-state index contributed by atoms with van der Waals surface area (Å²) in [5.41, 5.74) is 0. The third-order valence-corrected chi connectivity index (χ3v) is 0.0745. The Morgan fingerprint density at radius 3 is 2.00 bits per heavy atom. The molecule has 0 saturated carbocycles. The standard InChI is InChI=1S/BH2NO2.Li.H/c1-4-2-3;;/h1H2;;. The second-order valence-electron chi connectivity index (χ2n) is 0.257. The van der Waals surface area contributed by atoms with Gasteiger partial charge in [0.15, 0.2) is 0 Å². The van der Waals surface area contributed by atoms with Crippen molar-refractivity contribution < 1.29 is 4.76 Å². The predicted octanol–water partition coefficient (Wildman–Crippen LogP) is -1.42. The average molecular weight is 66.8 g/mol. The Balaban J connectivity index is 0. The van der Waals surface area contributed by atoms with Crippen molar-refractivity contribution in [2.24, 2.45) is 5.34 Å². The van der Waals surface area contributed by atoms with Gasteiger partial charge in [-0.1, -0.05) is 0 Å². The van der Waals surface area contributed by atoms with E-state index >= 15 is 0 Å². The van der Waals surface area contributed by atoms with Crippen molar-refractivity contribution in [3.63, 3.8) is 0 Å². The van der Waals surface area contributed by atoms with Gasteiger partial charge in [0.05, 0.1) is 0 Å². The van der Waals surface area contributed by atoms with Gasteiger partial charge in [-0.05, 0) is 0 Å². The molecule has 0 aliphatic heterocycles.